The van der Waals surface area contributed by atoms with E-state index in [0.717, 1.165) is 34.1 Å². The fourth-order valence-electron chi connectivity index (χ4n) is 4.42. The molecule has 3 heterocycles. The Morgan fingerprint density at radius 1 is 1.00 bits per heavy atom. The summed E-state index contributed by atoms with van der Waals surface area (Å²) in [6.45, 7) is 1.23. The Bertz CT molecular complexity index is 1470. The summed E-state index contributed by atoms with van der Waals surface area (Å²) in [5.41, 5.74) is 11.9. The monoisotopic (exact) mass is 480 g/mol. The van der Waals surface area contributed by atoms with Gasteiger partial charge in [-0.25, -0.2) is 4.98 Å². The maximum Gasteiger partial charge on any atom is 0.254 e. The van der Waals surface area contributed by atoms with E-state index in [2.05, 4.69) is 16.0 Å². The SMILES string of the molecule is COc1ccc(/C=C/c2ccc(C(=O)N3CC=C(c4cc5c(N)nccc5[nH]4)CC3)cc2)cc1OC. The Labute approximate surface area is 209 Å². The lowest BCUT2D eigenvalue weighted by atomic mass is 10.0. The van der Waals surface area contributed by atoms with Gasteiger partial charge in [0.25, 0.3) is 5.91 Å². The zero-order valence-corrected chi connectivity index (χ0v) is 20.3. The molecule has 0 saturated heterocycles. The van der Waals surface area contributed by atoms with Gasteiger partial charge in [-0.1, -0.05) is 36.4 Å². The van der Waals surface area contributed by atoms with Crippen LogP contribution in [0.15, 0.2) is 66.9 Å². The second kappa shape index (κ2) is 10.00. The van der Waals surface area contributed by atoms with Crippen LogP contribution in [0, 0.1) is 0 Å². The number of nitrogens with zero attached hydrogens (tertiary/aromatic N) is 2. The van der Waals surface area contributed by atoms with Crippen molar-refractivity contribution in [3.05, 3.63) is 89.3 Å². The zero-order chi connectivity index (χ0) is 25.1. The molecule has 0 fully saturated rings. The first-order chi connectivity index (χ1) is 17.6. The van der Waals surface area contributed by atoms with Crippen molar-refractivity contribution in [1.29, 1.82) is 0 Å². The summed E-state index contributed by atoms with van der Waals surface area (Å²) < 4.78 is 10.7. The highest BCUT2D eigenvalue weighted by Gasteiger charge is 2.20. The van der Waals surface area contributed by atoms with Crippen molar-refractivity contribution in [2.24, 2.45) is 0 Å². The number of carbonyl (C=O) groups excluding carboxylic acids is 1. The maximum atomic E-state index is 13.1. The van der Waals surface area contributed by atoms with Crippen LogP contribution in [0.1, 0.15) is 33.6 Å². The summed E-state index contributed by atoms with van der Waals surface area (Å²) in [4.78, 5) is 22.5. The average Bonchev–Trinajstić information content (AvgIpc) is 3.37. The highest BCUT2D eigenvalue weighted by molar-refractivity contribution is 5.95. The Morgan fingerprint density at radius 2 is 1.75 bits per heavy atom. The van der Waals surface area contributed by atoms with E-state index in [1.807, 2.05) is 71.6 Å². The van der Waals surface area contributed by atoms with E-state index in [0.29, 0.717) is 36.0 Å². The van der Waals surface area contributed by atoms with Crippen molar-refractivity contribution in [1.82, 2.24) is 14.9 Å². The molecule has 5 rings (SSSR count). The number of pyridine rings is 1. The molecule has 3 N–H and O–H groups in total. The van der Waals surface area contributed by atoms with Gasteiger partial charge in [0.05, 0.1) is 19.7 Å². The van der Waals surface area contributed by atoms with E-state index >= 15 is 0 Å². The fraction of sp³-hybridized carbons (Fsp3) is 0.172. The molecule has 0 aliphatic carbocycles. The second-order valence-electron chi connectivity index (χ2n) is 8.64. The summed E-state index contributed by atoms with van der Waals surface area (Å²) in [7, 11) is 3.24. The highest BCUT2D eigenvalue weighted by Crippen LogP contribution is 2.29. The molecule has 2 aromatic carbocycles. The minimum absolute atomic E-state index is 0.0332. The number of rotatable bonds is 6. The molecule has 182 valence electrons. The van der Waals surface area contributed by atoms with Crippen LogP contribution < -0.4 is 15.2 Å². The van der Waals surface area contributed by atoms with Gasteiger partial charge >= 0.3 is 0 Å². The average molecular weight is 481 g/mol. The van der Waals surface area contributed by atoms with Crippen molar-refractivity contribution >= 4 is 40.4 Å². The second-order valence-corrected chi connectivity index (χ2v) is 8.64. The van der Waals surface area contributed by atoms with E-state index in [1.165, 1.54) is 5.57 Å². The predicted molar refractivity (Wildman–Crippen MR) is 144 cm³/mol. The molecule has 1 aliphatic rings. The maximum absolute atomic E-state index is 13.1. The van der Waals surface area contributed by atoms with Crippen LogP contribution >= 0.6 is 0 Å². The number of benzene rings is 2. The smallest absolute Gasteiger partial charge is 0.254 e. The predicted octanol–water partition coefficient (Wildman–Crippen LogP) is 5.26. The molecular formula is C29H28N4O3. The van der Waals surface area contributed by atoms with Crippen LogP contribution in [0.5, 0.6) is 11.5 Å². The van der Waals surface area contributed by atoms with Crippen LogP contribution in [-0.4, -0.2) is 48.1 Å². The van der Waals surface area contributed by atoms with Gasteiger partial charge in [-0.3, -0.25) is 4.79 Å². The first kappa shape index (κ1) is 23.2. The number of ether oxygens (including phenoxy) is 2. The molecule has 0 radical (unpaired) electrons. The van der Waals surface area contributed by atoms with Gasteiger partial charge < -0.3 is 25.1 Å². The van der Waals surface area contributed by atoms with E-state index < -0.39 is 0 Å². The molecule has 7 heteroatoms. The summed E-state index contributed by atoms with van der Waals surface area (Å²) in [5, 5.41) is 0.923. The molecular weight excluding hydrogens is 452 g/mol. The number of H-pyrrole nitrogens is 1. The number of carbonyl (C=O) groups is 1. The fourth-order valence-corrected chi connectivity index (χ4v) is 4.42. The van der Waals surface area contributed by atoms with Gasteiger partial charge in [0.2, 0.25) is 0 Å². The third-order valence-corrected chi connectivity index (χ3v) is 6.45. The van der Waals surface area contributed by atoms with Crippen LogP contribution in [0.4, 0.5) is 5.82 Å². The molecule has 0 bridgehead atoms. The quantitative estimate of drug-likeness (QED) is 0.367. The number of amides is 1. The number of aromatic amines is 1. The van der Waals surface area contributed by atoms with E-state index in [9.17, 15) is 4.79 Å². The Balaban J connectivity index is 1.24. The van der Waals surface area contributed by atoms with Crippen molar-refractivity contribution in [3.8, 4) is 11.5 Å². The number of nitrogens with two attached hydrogens (primary N) is 1. The molecule has 2 aromatic heterocycles. The van der Waals surface area contributed by atoms with Gasteiger partial charge in [-0.2, -0.15) is 0 Å². The standard InChI is InChI=1S/C29H28N4O3/c1-35-26-10-7-20(17-27(26)36-2)4-3-19-5-8-22(9-6-19)29(34)33-15-12-21(13-16-33)25-18-23-24(32-25)11-14-31-28(23)30/h3-12,14,17-18,32H,13,15-16H2,1-2H3,(H2,30,31)/b4-3+. The molecule has 1 aliphatic heterocycles. The van der Waals surface area contributed by atoms with E-state index in [1.54, 1.807) is 20.4 Å². The van der Waals surface area contributed by atoms with Gasteiger partial charge in [-0.15, -0.1) is 0 Å². The normalized spacial score (nSPS) is 13.7. The highest BCUT2D eigenvalue weighted by atomic mass is 16.5. The summed E-state index contributed by atoms with van der Waals surface area (Å²) >= 11 is 0. The number of hydrogen-bond acceptors (Lipinski definition) is 5. The first-order valence-electron chi connectivity index (χ1n) is 11.8. The molecule has 0 saturated carbocycles. The van der Waals surface area contributed by atoms with E-state index in [4.69, 9.17) is 15.2 Å². The minimum atomic E-state index is 0.0332. The van der Waals surface area contributed by atoms with Gasteiger partial charge in [-0.05, 0) is 59.5 Å². The molecule has 1 amide bonds. The molecule has 36 heavy (non-hydrogen) atoms. The molecule has 0 atom stereocenters. The van der Waals surface area contributed by atoms with Crippen molar-refractivity contribution < 1.29 is 14.3 Å². The number of aromatic nitrogens is 2. The third kappa shape index (κ3) is 4.68. The lowest BCUT2D eigenvalue weighted by molar-refractivity contribution is 0.0773. The Hall–Kier alpha value is -4.52. The number of nitrogen functional groups attached to an aromatic ring is 1. The van der Waals surface area contributed by atoms with Crippen molar-refractivity contribution in [2.75, 3.05) is 33.0 Å². The van der Waals surface area contributed by atoms with Gasteiger partial charge in [0, 0.05) is 35.9 Å². The number of hydrogen-bond donors (Lipinski definition) is 2. The first-order valence-corrected chi connectivity index (χ1v) is 11.8. The largest absolute Gasteiger partial charge is 0.493 e. The molecule has 0 spiro atoms. The Morgan fingerprint density at radius 3 is 2.44 bits per heavy atom. The lowest BCUT2D eigenvalue weighted by Gasteiger charge is -2.26. The molecule has 4 aromatic rings. The third-order valence-electron chi connectivity index (χ3n) is 6.45. The van der Waals surface area contributed by atoms with Crippen LogP contribution in [0.25, 0.3) is 28.6 Å². The van der Waals surface area contributed by atoms with Crippen LogP contribution in [0.2, 0.25) is 0 Å². The Kier molecular flexibility index (Phi) is 6.45. The van der Waals surface area contributed by atoms with Crippen LogP contribution in [-0.2, 0) is 0 Å². The number of nitrogens with one attached hydrogen (secondary N) is 1. The van der Waals surface area contributed by atoms with Gasteiger partial charge in [0.1, 0.15) is 5.82 Å². The molecule has 0 unspecified atom stereocenters. The van der Waals surface area contributed by atoms with Crippen LogP contribution in [0.3, 0.4) is 0 Å². The topological polar surface area (TPSA) is 93.5 Å². The van der Waals surface area contributed by atoms with Crippen molar-refractivity contribution in [3.63, 3.8) is 0 Å². The minimum Gasteiger partial charge on any atom is -0.493 e. The number of fused-ring (bicyclic) bond motifs is 1. The van der Waals surface area contributed by atoms with Crippen molar-refractivity contribution in [2.45, 2.75) is 6.42 Å². The lowest BCUT2D eigenvalue weighted by Crippen LogP contribution is -2.34. The zero-order valence-electron chi connectivity index (χ0n) is 20.3. The summed E-state index contributed by atoms with van der Waals surface area (Å²) in [5.74, 6) is 1.93. The molecule has 7 nitrogen and oxygen atoms in total. The summed E-state index contributed by atoms with van der Waals surface area (Å²) in [6, 6.07) is 17.4. The van der Waals surface area contributed by atoms with Gasteiger partial charge in [0.15, 0.2) is 11.5 Å². The number of methoxy groups -OCH3 is 2. The number of anilines is 1. The van der Waals surface area contributed by atoms with E-state index in [-0.39, 0.29) is 5.91 Å². The summed E-state index contributed by atoms with van der Waals surface area (Å²) in [6.07, 6.45) is 8.59.